The lowest BCUT2D eigenvalue weighted by Gasteiger charge is -2.30. The van der Waals surface area contributed by atoms with Crippen LogP contribution in [-0.4, -0.2) is 17.6 Å². The van der Waals surface area contributed by atoms with E-state index in [1.54, 1.807) is 31.2 Å². The number of nitrogens with zero attached hydrogens (tertiary/aromatic N) is 1. The van der Waals surface area contributed by atoms with Gasteiger partial charge in [-0.05, 0) is 49.1 Å². The van der Waals surface area contributed by atoms with Crippen LogP contribution in [0, 0.1) is 12.7 Å². The van der Waals surface area contributed by atoms with Crippen LogP contribution >= 0.6 is 0 Å². The average Bonchev–Trinajstić information content (AvgIpc) is 2.49. The fourth-order valence-corrected chi connectivity index (χ4v) is 2.72. The molecule has 0 unspecified atom stereocenters. The molecule has 0 aromatic heterocycles. The van der Waals surface area contributed by atoms with Crippen molar-refractivity contribution in [3.05, 3.63) is 58.9 Å². The maximum atomic E-state index is 13.7. The largest absolute Gasteiger partial charge is 0.506 e. The Morgan fingerprint density at radius 2 is 2.10 bits per heavy atom. The minimum absolute atomic E-state index is 0.0909. The van der Waals surface area contributed by atoms with Gasteiger partial charge in [-0.2, -0.15) is 0 Å². The number of carbonyl (C=O) groups is 1. The number of phenols is 1. The summed E-state index contributed by atoms with van der Waals surface area (Å²) >= 11 is 0. The summed E-state index contributed by atoms with van der Waals surface area (Å²) in [5, 5.41) is 10.1. The van der Waals surface area contributed by atoms with Gasteiger partial charge in [0.1, 0.15) is 11.6 Å². The summed E-state index contributed by atoms with van der Waals surface area (Å²) in [6, 6.07) is 9.72. The van der Waals surface area contributed by atoms with Gasteiger partial charge >= 0.3 is 0 Å². The van der Waals surface area contributed by atoms with E-state index >= 15 is 0 Å². The molecule has 0 saturated heterocycles. The highest BCUT2D eigenvalue weighted by Gasteiger charge is 2.26. The zero-order chi connectivity index (χ0) is 15.0. The third-order valence-electron chi connectivity index (χ3n) is 3.86. The van der Waals surface area contributed by atoms with E-state index in [1.807, 2.05) is 6.07 Å². The van der Waals surface area contributed by atoms with Gasteiger partial charge in [-0.15, -0.1) is 0 Å². The highest BCUT2D eigenvalue weighted by Crippen LogP contribution is 2.36. The van der Waals surface area contributed by atoms with Crippen molar-refractivity contribution in [2.24, 2.45) is 0 Å². The molecule has 1 N–H and O–H groups in total. The Hall–Kier alpha value is -2.36. The maximum Gasteiger partial charge on any atom is 0.258 e. The summed E-state index contributed by atoms with van der Waals surface area (Å²) in [6.45, 7) is 2.19. The van der Waals surface area contributed by atoms with Crippen molar-refractivity contribution in [3.63, 3.8) is 0 Å². The second-order valence-electron chi connectivity index (χ2n) is 5.31. The van der Waals surface area contributed by atoms with E-state index in [1.165, 1.54) is 11.0 Å². The van der Waals surface area contributed by atoms with E-state index in [0.29, 0.717) is 23.4 Å². The molecular weight excluding hydrogens is 269 g/mol. The van der Waals surface area contributed by atoms with E-state index < -0.39 is 5.82 Å². The van der Waals surface area contributed by atoms with Crippen LogP contribution in [0.15, 0.2) is 36.4 Å². The van der Waals surface area contributed by atoms with Gasteiger partial charge in [-0.1, -0.05) is 18.2 Å². The summed E-state index contributed by atoms with van der Waals surface area (Å²) < 4.78 is 13.7. The molecule has 0 fully saturated rings. The molecule has 1 aliphatic rings. The normalized spacial score (nSPS) is 13.9. The first-order valence-corrected chi connectivity index (χ1v) is 6.97. The third kappa shape index (κ3) is 2.37. The highest BCUT2D eigenvalue weighted by molar-refractivity contribution is 6.07. The number of anilines is 1. The van der Waals surface area contributed by atoms with Crippen LogP contribution in [-0.2, 0) is 6.42 Å². The number of halogens is 1. The van der Waals surface area contributed by atoms with Gasteiger partial charge in [-0.25, -0.2) is 4.39 Å². The lowest BCUT2D eigenvalue weighted by atomic mass is 10.00. The Bertz CT molecular complexity index is 712. The van der Waals surface area contributed by atoms with Crippen molar-refractivity contribution < 1.29 is 14.3 Å². The number of hydrogen-bond acceptors (Lipinski definition) is 2. The number of aryl methyl sites for hydroxylation is 2. The van der Waals surface area contributed by atoms with Crippen molar-refractivity contribution in [1.82, 2.24) is 0 Å². The average molecular weight is 285 g/mol. The van der Waals surface area contributed by atoms with Crippen LogP contribution in [0.1, 0.15) is 27.9 Å². The van der Waals surface area contributed by atoms with E-state index in [-0.39, 0.29) is 11.7 Å². The molecule has 3 rings (SSSR count). The number of phenolic OH excluding ortho intramolecular Hbond substituents is 1. The maximum absolute atomic E-state index is 13.7. The predicted molar refractivity (Wildman–Crippen MR) is 79.2 cm³/mol. The molecule has 0 bridgehead atoms. The van der Waals surface area contributed by atoms with Crippen LogP contribution in [0.4, 0.5) is 10.1 Å². The first-order valence-electron chi connectivity index (χ1n) is 6.97. The molecule has 0 atom stereocenters. The zero-order valence-corrected chi connectivity index (χ0v) is 11.8. The Morgan fingerprint density at radius 3 is 2.86 bits per heavy atom. The second-order valence-corrected chi connectivity index (χ2v) is 5.31. The lowest BCUT2D eigenvalue weighted by Crippen LogP contribution is -2.35. The van der Waals surface area contributed by atoms with Crippen molar-refractivity contribution in [2.75, 3.05) is 11.4 Å². The van der Waals surface area contributed by atoms with Gasteiger partial charge in [-0.3, -0.25) is 4.79 Å². The minimum Gasteiger partial charge on any atom is -0.506 e. The third-order valence-corrected chi connectivity index (χ3v) is 3.86. The summed E-state index contributed by atoms with van der Waals surface area (Å²) in [5.41, 5.74) is 2.31. The first kappa shape index (κ1) is 13.6. The quantitative estimate of drug-likeness (QED) is 0.872. The predicted octanol–water partition coefficient (Wildman–Crippen LogP) is 3.43. The van der Waals surface area contributed by atoms with Crippen molar-refractivity contribution in [1.29, 1.82) is 0 Å². The van der Waals surface area contributed by atoms with Gasteiger partial charge in [0.2, 0.25) is 0 Å². The molecule has 0 saturated carbocycles. The zero-order valence-electron chi connectivity index (χ0n) is 11.8. The molecule has 1 aliphatic heterocycles. The number of rotatable bonds is 1. The topological polar surface area (TPSA) is 40.5 Å². The Morgan fingerprint density at radius 1 is 1.29 bits per heavy atom. The summed E-state index contributed by atoms with van der Waals surface area (Å²) in [7, 11) is 0. The fraction of sp³-hybridized carbons (Fsp3) is 0.235. The molecule has 2 aromatic carbocycles. The Kier molecular flexibility index (Phi) is 3.37. The first-order chi connectivity index (χ1) is 10.1. The standard InChI is InChI=1S/C17H16FNO2/c1-11-7-8-13(10-14(11)18)17(21)19-9-3-5-12-4-2-6-15(20)16(12)19/h2,4,6-8,10,20H,3,5,9H2,1H3. The van der Waals surface area contributed by atoms with E-state index in [4.69, 9.17) is 0 Å². The smallest absolute Gasteiger partial charge is 0.258 e. The molecule has 4 heteroatoms. The number of aromatic hydroxyl groups is 1. The van der Waals surface area contributed by atoms with Gasteiger partial charge in [0, 0.05) is 12.1 Å². The van der Waals surface area contributed by atoms with Gasteiger partial charge in [0.15, 0.2) is 0 Å². The molecule has 1 amide bonds. The number of carbonyl (C=O) groups excluding carboxylic acids is 1. The Labute approximate surface area is 122 Å². The van der Waals surface area contributed by atoms with Crippen molar-refractivity contribution in [3.8, 4) is 5.75 Å². The van der Waals surface area contributed by atoms with Crippen LogP contribution in [0.25, 0.3) is 0 Å². The fourth-order valence-electron chi connectivity index (χ4n) is 2.72. The van der Waals surface area contributed by atoms with Crippen LogP contribution in [0.3, 0.4) is 0 Å². The molecule has 3 nitrogen and oxygen atoms in total. The van der Waals surface area contributed by atoms with E-state index in [9.17, 15) is 14.3 Å². The van der Waals surface area contributed by atoms with E-state index in [0.717, 1.165) is 18.4 Å². The molecule has 2 aromatic rings. The monoisotopic (exact) mass is 285 g/mol. The number of benzene rings is 2. The second kappa shape index (κ2) is 5.20. The summed E-state index contributed by atoms with van der Waals surface area (Å²) in [5.74, 6) is -0.583. The SMILES string of the molecule is Cc1ccc(C(=O)N2CCCc3cccc(O)c32)cc1F. The lowest BCUT2D eigenvalue weighted by molar-refractivity contribution is 0.0984. The van der Waals surface area contributed by atoms with E-state index in [2.05, 4.69) is 0 Å². The van der Waals surface area contributed by atoms with Crippen molar-refractivity contribution >= 4 is 11.6 Å². The number of para-hydroxylation sites is 1. The molecule has 0 radical (unpaired) electrons. The van der Waals surface area contributed by atoms with Crippen LogP contribution in [0.5, 0.6) is 5.75 Å². The molecule has 1 heterocycles. The van der Waals surface area contributed by atoms with Crippen LogP contribution in [0.2, 0.25) is 0 Å². The number of hydrogen-bond donors (Lipinski definition) is 1. The van der Waals surface area contributed by atoms with Crippen molar-refractivity contribution in [2.45, 2.75) is 19.8 Å². The molecule has 0 spiro atoms. The van der Waals surface area contributed by atoms with Crippen LogP contribution < -0.4 is 4.90 Å². The number of fused-ring (bicyclic) bond motifs is 1. The molecule has 0 aliphatic carbocycles. The highest BCUT2D eigenvalue weighted by atomic mass is 19.1. The Balaban J connectivity index is 2.02. The molecule has 108 valence electrons. The summed E-state index contributed by atoms with van der Waals surface area (Å²) in [4.78, 5) is 14.2. The molecular formula is C17H16FNO2. The van der Waals surface area contributed by atoms with Gasteiger partial charge in [0.25, 0.3) is 5.91 Å². The van der Waals surface area contributed by atoms with Gasteiger partial charge in [0.05, 0.1) is 5.69 Å². The summed E-state index contributed by atoms with van der Waals surface area (Å²) in [6.07, 6.45) is 1.66. The molecule has 21 heavy (non-hydrogen) atoms. The van der Waals surface area contributed by atoms with Gasteiger partial charge < -0.3 is 10.0 Å². The number of amides is 1. The minimum atomic E-state index is -0.393.